The van der Waals surface area contributed by atoms with Gasteiger partial charge in [0.25, 0.3) is 0 Å². The summed E-state index contributed by atoms with van der Waals surface area (Å²) in [6, 6.07) is 8.55. The Bertz CT molecular complexity index is 261. The molecule has 0 aromatic heterocycles. The molecule has 0 aliphatic carbocycles. The summed E-state index contributed by atoms with van der Waals surface area (Å²) in [7, 11) is 0. The van der Waals surface area contributed by atoms with Gasteiger partial charge in [-0.25, -0.2) is 0 Å². The van der Waals surface area contributed by atoms with E-state index >= 15 is 0 Å². The van der Waals surface area contributed by atoms with E-state index in [2.05, 4.69) is 0 Å². The third-order valence-corrected chi connectivity index (χ3v) is 1.57. The molecular formula is C8H10N2O2. The van der Waals surface area contributed by atoms with Crippen molar-refractivity contribution in [3.8, 4) is 0 Å². The van der Waals surface area contributed by atoms with Crippen LogP contribution in [0, 0.1) is 10.1 Å². The average molecular weight is 166 g/mol. The lowest BCUT2D eigenvalue weighted by Crippen LogP contribution is -2.20. The lowest BCUT2D eigenvalue weighted by atomic mass is 10.1. The summed E-state index contributed by atoms with van der Waals surface area (Å²) >= 11 is 0. The lowest BCUT2D eigenvalue weighted by molar-refractivity contribution is -0.483. The minimum Gasteiger partial charge on any atom is -0.319 e. The van der Waals surface area contributed by atoms with Crippen molar-refractivity contribution in [3.63, 3.8) is 0 Å². The van der Waals surface area contributed by atoms with Crippen molar-refractivity contribution in [2.45, 2.75) is 6.04 Å². The van der Waals surface area contributed by atoms with Crippen molar-refractivity contribution >= 4 is 0 Å². The smallest absolute Gasteiger partial charge is 0.222 e. The first-order chi connectivity index (χ1) is 5.70. The lowest BCUT2D eigenvalue weighted by Gasteiger charge is -2.05. The van der Waals surface area contributed by atoms with E-state index in [0.717, 1.165) is 5.56 Å². The highest BCUT2D eigenvalue weighted by Crippen LogP contribution is 2.08. The predicted molar refractivity (Wildman–Crippen MR) is 45.2 cm³/mol. The first-order valence-corrected chi connectivity index (χ1v) is 3.62. The topological polar surface area (TPSA) is 69.2 Å². The van der Waals surface area contributed by atoms with Crippen LogP contribution in [0.4, 0.5) is 0 Å². The van der Waals surface area contributed by atoms with Gasteiger partial charge in [0.05, 0.1) is 6.04 Å². The van der Waals surface area contributed by atoms with E-state index < -0.39 is 11.0 Å². The molecule has 1 rings (SSSR count). The molecule has 12 heavy (non-hydrogen) atoms. The largest absolute Gasteiger partial charge is 0.319 e. The van der Waals surface area contributed by atoms with Crippen LogP contribution >= 0.6 is 0 Å². The molecule has 0 unspecified atom stereocenters. The number of nitrogens with two attached hydrogens (primary N) is 1. The summed E-state index contributed by atoms with van der Waals surface area (Å²) < 4.78 is 0. The molecule has 0 saturated heterocycles. The zero-order valence-electron chi connectivity index (χ0n) is 6.51. The van der Waals surface area contributed by atoms with Crippen molar-refractivity contribution in [3.05, 3.63) is 46.0 Å². The van der Waals surface area contributed by atoms with Crippen LogP contribution in [0.5, 0.6) is 0 Å². The van der Waals surface area contributed by atoms with E-state index in [4.69, 9.17) is 5.73 Å². The number of nitrogens with zero attached hydrogens (tertiary/aromatic N) is 1. The number of rotatable bonds is 3. The van der Waals surface area contributed by atoms with Crippen LogP contribution in [0.1, 0.15) is 11.6 Å². The van der Waals surface area contributed by atoms with Gasteiger partial charge >= 0.3 is 0 Å². The molecule has 0 fully saturated rings. The summed E-state index contributed by atoms with van der Waals surface area (Å²) in [6.07, 6.45) is 0. The standard InChI is InChI=1S/C8H10N2O2/c9-8(6-10(11)12)7-4-2-1-3-5-7/h1-5,8H,6,9H2/t8-/m1/s1. The normalized spacial score (nSPS) is 12.4. The summed E-state index contributed by atoms with van der Waals surface area (Å²) in [5, 5.41) is 10.1. The van der Waals surface area contributed by atoms with E-state index in [0.29, 0.717) is 0 Å². The molecule has 0 amide bonds. The second kappa shape index (κ2) is 3.82. The zero-order chi connectivity index (χ0) is 8.97. The van der Waals surface area contributed by atoms with Gasteiger partial charge in [0.1, 0.15) is 0 Å². The van der Waals surface area contributed by atoms with Gasteiger partial charge < -0.3 is 5.73 Å². The summed E-state index contributed by atoms with van der Waals surface area (Å²) in [4.78, 5) is 9.70. The molecule has 0 aliphatic heterocycles. The molecule has 4 heteroatoms. The van der Waals surface area contributed by atoms with Crippen LogP contribution in [0.3, 0.4) is 0 Å². The minimum atomic E-state index is -0.499. The second-order valence-corrected chi connectivity index (χ2v) is 2.53. The number of hydrogen-bond donors (Lipinski definition) is 1. The Labute approximate surface area is 70.2 Å². The van der Waals surface area contributed by atoms with Gasteiger partial charge in [-0.2, -0.15) is 0 Å². The van der Waals surface area contributed by atoms with Crippen LogP contribution in [-0.4, -0.2) is 11.5 Å². The van der Waals surface area contributed by atoms with E-state index in [1.54, 1.807) is 12.1 Å². The molecule has 0 heterocycles. The Hall–Kier alpha value is -1.42. The molecule has 0 spiro atoms. The summed E-state index contributed by atoms with van der Waals surface area (Å²) in [6.45, 7) is -0.218. The maximum absolute atomic E-state index is 10.1. The van der Waals surface area contributed by atoms with Crippen LogP contribution in [-0.2, 0) is 0 Å². The highest BCUT2D eigenvalue weighted by atomic mass is 16.6. The fraction of sp³-hybridized carbons (Fsp3) is 0.250. The van der Waals surface area contributed by atoms with Crippen molar-refractivity contribution in [1.82, 2.24) is 0 Å². The van der Waals surface area contributed by atoms with Gasteiger partial charge in [-0.3, -0.25) is 10.1 Å². The van der Waals surface area contributed by atoms with E-state index in [9.17, 15) is 10.1 Å². The Morgan fingerprint density at radius 1 is 1.42 bits per heavy atom. The first-order valence-electron chi connectivity index (χ1n) is 3.62. The predicted octanol–water partition coefficient (Wildman–Crippen LogP) is 0.963. The van der Waals surface area contributed by atoms with Crippen molar-refractivity contribution < 1.29 is 4.92 Å². The molecule has 0 radical (unpaired) electrons. The van der Waals surface area contributed by atoms with Crippen molar-refractivity contribution in [2.75, 3.05) is 6.54 Å². The Balaban J connectivity index is 2.65. The van der Waals surface area contributed by atoms with Gasteiger partial charge in [-0.15, -0.1) is 0 Å². The van der Waals surface area contributed by atoms with Crippen LogP contribution in [0.25, 0.3) is 0 Å². The fourth-order valence-electron chi connectivity index (χ4n) is 0.966. The number of benzene rings is 1. The Morgan fingerprint density at radius 2 is 2.00 bits per heavy atom. The molecule has 1 atom stereocenters. The minimum absolute atomic E-state index is 0.218. The molecule has 1 aromatic carbocycles. The van der Waals surface area contributed by atoms with Gasteiger partial charge in [0, 0.05) is 4.92 Å². The highest BCUT2D eigenvalue weighted by Gasteiger charge is 2.10. The number of hydrogen-bond acceptors (Lipinski definition) is 3. The Morgan fingerprint density at radius 3 is 2.50 bits per heavy atom. The number of nitro groups is 1. The van der Waals surface area contributed by atoms with Gasteiger partial charge in [-0.1, -0.05) is 30.3 Å². The van der Waals surface area contributed by atoms with Crippen LogP contribution < -0.4 is 5.73 Å². The average Bonchev–Trinajstić information content (AvgIpc) is 2.05. The van der Waals surface area contributed by atoms with Gasteiger partial charge in [-0.05, 0) is 5.56 Å². The van der Waals surface area contributed by atoms with Crippen LogP contribution in [0.15, 0.2) is 30.3 Å². The maximum atomic E-state index is 10.1. The first kappa shape index (κ1) is 8.67. The molecule has 4 nitrogen and oxygen atoms in total. The monoisotopic (exact) mass is 166 g/mol. The van der Waals surface area contributed by atoms with Crippen molar-refractivity contribution in [2.24, 2.45) is 5.73 Å². The zero-order valence-corrected chi connectivity index (χ0v) is 6.51. The molecule has 0 bridgehead atoms. The highest BCUT2D eigenvalue weighted by molar-refractivity contribution is 5.18. The molecule has 0 aliphatic rings. The molecule has 64 valence electrons. The van der Waals surface area contributed by atoms with Gasteiger partial charge in [0.2, 0.25) is 6.54 Å². The third-order valence-electron chi connectivity index (χ3n) is 1.57. The quantitative estimate of drug-likeness (QED) is 0.537. The molecule has 0 saturated carbocycles. The third kappa shape index (κ3) is 2.32. The van der Waals surface area contributed by atoms with Crippen LogP contribution in [0.2, 0.25) is 0 Å². The molecule has 1 aromatic rings. The molecular weight excluding hydrogens is 156 g/mol. The second-order valence-electron chi connectivity index (χ2n) is 2.53. The van der Waals surface area contributed by atoms with Gasteiger partial charge in [0.15, 0.2) is 0 Å². The van der Waals surface area contributed by atoms with E-state index in [1.165, 1.54) is 0 Å². The summed E-state index contributed by atoms with van der Waals surface area (Å²) in [5.41, 5.74) is 6.35. The fourth-order valence-corrected chi connectivity index (χ4v) is 0.966. The Kier molecular flexibility index (Phi) is 2.76. The van der Waals surface area contributed by atoms with E-state index in [-0.39, 0.29) is 6.54 Å². The van der Waals surface area contributed by atoms with Crippen molar-refractivity contribution in [1.29, 1.82) is 0 Å². The SMILES string of the molecule is N[C@H](C[N+](=O)[O-])c1ccccc1. The molecule has 2 N–H and O–H groups in total. The van der Waals surface area contributed by atoms with E-state index in [1.807, 2.05) is 18.2 Å². The maximum Gasteiger partial charge on any atom is 0.222 e. The summed E-state index contributed by atoms with van der Waals surface area (Å²) in [5.74, 6) is 0.